The maximum atomic E-state index is 11.1. The van der Waals surface area contributed by atoms with Gasteiger partial charge in [0.25, 0.3) is 0 Å². The highest BCUT2D eigenvalue weighted by molar-refractivity contribution is 5.94. The Morgan fingerprint density at radius 3 is 2.71 bits per heavy atom. The van der Waals surface area contributed by atoms with Crippen LogP contribution in [0.1, 0.15) is 16.2 Å². The van der Waals surface area contributed by atoms with Crippen LogP contribution in [0.5, 0.6) is 5.75 Å². The lowest BCUT2D eigenvalue weighted by molar-refractivity contribution is 0.0698. The van der Waals surface area contributed by atoms with E-state index in [4.69, 9.17) is 9.84 Å². The number of fused-ring (bicyclic) bond motifs is 1. The Bertz CT molecular complexity index is 768. The normalized spacial score (nSPS) is 10.7. The highest BCUT2D eigenvalue weighted by Gasteiger charge is 2.13. The van der Waals surface area contributed by atoms with Crippen LogP contribution in [0.15, 0.2) is 48.7 Å². The van der Waals surface area contributed by atoms with Gasteiger partial charge in [-0.2, -0.15) is 0 Å². The molecule has 6 nitrogen and oxygen atoms in total. The smallest absolute Gasteiger partial charge is 0.339 e. The fraction of sp³-hybridized carbons (Fsp3) is 0.133. The summed E-state index contributed by atoms with van der Waals surface area (Å²) in [6.45, 7) is 0.447. The summed E-state index contributed by atoms with van der Waals surface area (Å²) in [7, 11) is 0. The average Bonchev–Trinajstić information content (AvgIpc) is 2.91. The molecule has 3 aromatic rings. The number of ether oxygens (including phenoxy) is 1. The maximum absolute atomic E-state index is 11.1. The summed E-state index contributed by atoms with van der Waals surface area (Å²) in [5.74, 6) is 0.446. The number of hydrogen-bond acceptors (Lipinski definition) is 4. The Hall–Kier alpha value is -2.89. The zero-order valence-corrected chi connectivity index (χ0v) is 11.1. The lowest BCUT2D eigenvalue weighted by Crippen LogP contribution is -2.06. The minimum Gasteiger partial charge on any atom is -0.493 e. The number of aromatic nitrogens is 3. The highest BCUT2D eigenvalue weighted by atomic mass is 16.5. The third kappa shape index (κ3) is 2.69. The molecule has 0 bridgehead atoms. The Morgan fingerprint density at radius 2 is 1.95 bits per heavy atom. The molecule has 0 atom stereocenters. The van der Waals surface area contributed by atoms with Crippen molar-refractivity contribution in [2.24, 2.45) is 0 Å². The molecule has 0 spiro atoms. The number of carboxylic acid groups (broad SMARTS) is 1. The molecule has 0 aliphatic heterocycles. The van der Waals surface area contributed by atoms with E-state index in [1.54, 1.807) is 16.7 Å². The molecule has 0 radical (unpaired) electrons. The summed E-state index contributed by atoms with van der Waals surface area (Å²) in [5, 5.41) is 17.1. The Kier molecular flexibility index (Phi) is 3.51. The van der Waals surface area contributed by atoms with E-state index in [9.17, 15) is 4.79 Å². The second kappa shape index (κ2) is 5.62. The third-order valence-electron chi connectivity index (χ3n) is 3.07. The van der Waals surface area contributed by atoms with Crippen LogP contribution >= 0.6 is 0 Å². The fourth-order valence-corrected chi connectivity index (χ4v) is 2.08. The van der Waals surface area contributed by atoms with Gasteiger partial charge in [-0.3, -0.25) is 4.40 Å². The number of hydrogen-bond donors (Lipinski definition) is 1. The number of aromatic carboxylic acids is 1. The van der Waals surface area contributed by atoms with Crippen molar-refractivity contribution in [3.05, 3.63) is 60.0 Å². The molecule has 0 saturated heterocycles. The maximum Gasteiger partial charge on any atom is 0.339 e. The van der Waals surface area contributed by atoms with Crippen molar-refractivity contribution in [3.63, 3.8) is 0 Å². The molecule has 0 saturated carbocycles. The van der Waals surface area contributed by atoms with Crippen LogP contribution < -0.4 is 4.74 Å². The van der Waals surface area contributed by atoms with Crippen molar-refractivity contribution in [1.29, 1.82) is 0 Å². The van der Waals surface area contributed by atoms with E-state index in [0.717, 1.165) is 5.75 Å². The Balaban J connectivity index is 1.76. The summed E-state index contributed by atoms with van der Waals surface area (Å²) in [5.41, 5.74) is 0.486. The SMILES string of the molecule is O=C(O)c1cccn2c(CCOc3ccccc3)nnc12. The van der Waals surface area contributed by atoms with Crippen LogP contribution in [0, 0.1) is 0 Å². The summed E-state index contributed by atoms with van der Waals surface area (Å²) in [6.07, 6.45) is 2.29. The van der Waals surface area contributed by atoms with E-state index in [0.29, 0.717) is 24.5 Å². The molecule has 0 amide bonds. The molecule has 0 fully saturated rings. The first-order valence-electron chi connectivity index (χ1n) is 6.49. The number of pyridine rings is 1. The molecule has 0 aliphatic rings. The summed E-state index contributed by atoms with van der Waals surface area (Å²) < 4.78 is 7.29. The van der Waals surface area contributed by atoms with Crippen LogP contribution in [-0.2, 0) is 6.42 Å². The number of carboxylic acids is 1. The number of nitrogens with zero attached hydrogens (tertiary/aromatic N) is 3. The summed E-state index contributed by atoms with van der Waals surface area (Å²) in [6, 6.07) is 12.7. The molecule has 2 aromatic heterocycles. The Labute approximate surface area is 120 Å². The van der Waals surface area contributed by atoms with Gasteiger partial charge in [0.2, 0.25) is 0 Å². The standard InChI is InChI=1S/C15H13N3O3/c19-15(20)12-7-4-9-18-13(16-17-14(12)18)8-10-21-11-5-2-1-3-6-11/h1-7,9H,8,10H2,(H,19,20). The van der Waals surface area contributed by atoms with Crippen LogP contribution in [0.3, 0.4) is 0 Å². The average molecular weight is 283 g/mol. The van der Waals surface area contributed by atoms with Gasteiger partial charge in [-0.25, -0.2) is 4.79 Å². The van der Waals surface area contributed by atoms with Gasteiger partial charge in [-0.05, 0) is 24.3 Å². The number of para-hydroxylation sites is 1. The van der Waals surface area contributed by atoms with Crippen LogP contribution in [-0.4, -0.2) is 32.3 Å². The minimum atomic E-state index is -1.01. The lowest BCUT2D eigenvalue weighted by atomic mass is 10.2. The summed E-state index contributed by atoms with van der Waals surface area (Å²) in [4.78, 5) is 11.1. The van der Waals surface area contributed by atoms with Crippen molar-refractivity contribution in [2.45, 2.75) is 6.42 Å². The molecule has 3 rings (SSSR count). The van der Waals surface area contributed by atoms with Gasteiger partial charge in [0.1, 0.15) is 17.1 Å². The third-order valence-corrected chi connectivity index (χ3v) is 3.07. The molecule has 6 heteroatoms. The molecule has 2 heterocycles. The van der Waals surface area contributed by atoms with Crippen molar-refractivity contribution >= 4 is 11.6 Å². The van der Waals surface area contributed by atoms with Crippen molar-refractivity contribution < 1.29 is 14.6 Å². The van der Waals surface area contributed by atoms with Gasteiger partial charge in [-0.1, -0.05) is 18.2 Å². The van der Waals surface area contributed by atoms with Gasteiger partial charge in [0, 0.05) is 12.6 Å². The van der Waals surface area contributed by atoms with Gasteiger partial charge in [0.05, 0.1) is 6.61 Å². The molecular formula is C15H13N3O3. The second-order valence-electron chi connectivity index (χ2n) is 4.45. The van der Waals surface area contributed by atoms with Crippen molar-refractivity contribution in [2.75, 3.05) is 6.61 Å². The van der Waals surface area contributed by atoms with Crippen LogP contribution in [0.25, 0.3) is 5.65 Å². The van der Waals surface area contributed by atoms with Crippen molar-refractivity contribution in [3.8, 4) is 5.75 Å². The quantitative estimate of drug-likeness (QED) is 0.775. The molecule has 106 valence electrons. The van der Waals surface area contributed by atoms with E-state index in [-0.39, 0.29) is 5.56 Å². The molecule has 1 N–H and O–H groups in total. The predicted molar refractivity (Wildman–Crippen MR) is 75.6 cm³/mol. The number of carbonyl (C=O) groups is 1. The summed E-state index contributed by atoms with van der Waals surface area (Å²) >= 11 is 0. The zero-order chi connectivity index (χ0) is 14.7. The lowest BCUT2D eigenvalue weighted by Gasteiger charge is -2.05. The zero-order valence-electron chi connectivity index (χ0n) is 11.1. The highest BCUT2D eigenvalue weighted by Crippen LogP contribution is 2.12. The molecule has 1 aromatic carbocycles. The molecular weight excluding hydrogens is 270 g/mol. The molecule has 21 heavy (non-hydrogen) atoms. The van der Waals surface area contributed by atoms with Crippen LogP contribution in [0.2, 0.25) is 0 Å². The van der Waals surface area contributed by atoms with Crippen LogP contribution in [0.4, 0.5) is 0 Å². The van der Waals surface area contributed by atoms with Crippen molar-refractivity contribution in [1.82, 2.24) is 14.6 Å². The molecule has 0 aliphatic carbocycles. The van der Waals surface area contributed by atoms with Gasteiger partial charge in [-0.15, -0.1) is 10.2 Å². The first-order chi connectivity index (χ1) is 10.3. The van der Waals surface area contributed by atoms with Gasteiger partial charge in [0.15, 0.2) is 5.65 Å². The number of rotatable bonds is 5. The fourth-order valence-electron chi connectivity index (χ4n) is 2.08. The van der Waals surface area contributed by atoms with E-state index >= 15 is 0 Å². The number of benzene rings is 1. The second-order valence-corrected chi connectivity index (χ2v) is 4.45. The monoisotopic (exact) mass is 283 g/mol. The van der Waals surface area contributed by atoms with Gasteiger partial charge < -0.3 is 9.84 Å². The topological polar surface area (TPSA) is 76.7 Å². The van der Waals surface area contributed by atoms with E-state index < -0.39 is 5.97 Å². The van der Waals surface area contributed by atoms with E-state index in [1.807, 2.05) is 30.3 Å². The molecule has 0 unspecified atom stereocenters. The largest absolute Gasteiger partial charge is 0.493 e. The minimum absolute atomic E-state index is 0.139. The van der Waals surface area contributed by atoms with E-state index in [2.05, 4.69) is 10.2 Å². The Morgan fingerprint density at radius 1 is 1.14 bits per heavy atom. The van der Waals surface area contributed by atoms with Gasteiger partial charge >= 0.3 is 5.97 Å². The predicted octanol–water partition coefficient (Wildman–Crippen LogP) is 2.05. The first kappa shape index (κ1) is 13.1. The first-order valence-corrected chi connectivity index (χ1v) is 6.49. The van der Waals surface area contributed by atoms with E-state index in [1.165, 1.54) is 6.07 Å².